The van der Waals surface area contributed by atoms with Crippen LogP contribution in [-0.2, 0) is 21.3 Å². The van der Waals surface area contributed by atoms with Crippen molar-refractivity contribution < 1.29 is 19.0 Å². The zero-order valence-corrected chi connectivity index (χ0v) is 10.6. The van der Waals surface area contributed by atoms with E-state index in [-0.39, 0.29) is 17.9 Å². The topological polar surface area (TPSA) is 97.5 Å². The molecule has 0 aromatic heterocycles. The van der Waals surface area contributed by atoms with Crippen LogP contribution in [0.15, 0.2) is 24.3 Å². The summed E-state index contributed by atoms with van der Waals surface area (Å²) in [6.45, 7) is 1.62. The van der Waals surface area contributed by atoms with Crippen LogP contribution in [0.5, 0.6) is 0 Å². The van der Waals surface area contributed by atoms with Gasteiger partial charge >= 0.3 is 5.97 Å². The van der Waals surface area contributed by atoms with Gasteiger partial charge in [0, 0.05) is 22.4 Å². The molecule has 0 saturated heterocycles. The first kappa shape index (κ1) is 14.3. The Morgan fingerprint density at radius 2 is 2.11 bits per heavy atom. The summed E-state index contributed by atoms with van der Waals surface area (Å²) in [6.07, 6.45) is 0.225. The minimum absolute atomic E-state index is 0.123. The van der Waals surface area contributed by atoms with Gasteiger partial charge in [0.05, 0.1) is 10.7 Å². The highest BCUT2D eigenvalue weighted by Crippen LogP contribution is 2.20. The predicted molar refractivity (Wildman–Crippen MR) is 66.7 cm³/mol. The summed E-state index contributed by atoms with van der Waals surface area (Å²) in [5.74, 6) is -1.27. The Morgan fingerprint density at radius 1 is 1.50 bits per heavy atom. The van der Waals surface area contributed by atoms with Crippen molar-refractivity contribution in [3.05, 3.63) is 39.9 Å². The lowest BCUT2D eigenvalue weighted by atomic mass is 10.2. The second-order valence-corrected chi connectivity index (χ2v) is 5.27. The average Bonchev–Trinajstić information content (AvgIpc) is 2.29. The normalized spacial score (nSPS) is 13.8. The molecule has 0 radical (unpaired) electrons. The summed E-state index contributed by atoms with van der Waals surface area (Å²) >= 11 is 0. The minimum atomic E-state index is -1.67. The maximum Gasteiger partial charge on any atom is 0.319 e. The molecular formula is C11H13NO5S. The fourth-order valence-corrected chi connectivity index (χ4v) is 2.89. The Balaban J connectivity index is 2.94. The third-order valence-corrected chi connectivity index (χ3v) is 4.21. The number of nitrogens with zero attached hydrogens (tertiary/aromatic N) is 1. The Morgan fingerprint density at radius 3 is 2.61 bits per heavy atom. The molecule has 0 fully saturated rings. The Hall–Kier alpha value is -1.76. The van der Waals surface area contributed by atoms with Crippen molar-refractivity contribution in [1.29, 1.82) is 0 Å². The lowest BCUT2D eigenvalue weighted by Gasteiger charge is -2.09. The van der Waals surface area contributed by atoms with Crippen LogP contribution in [0.2, 0.25) is 0 Å². The molecule has 18 heavy (non-hydrogen) atoms. The fraction of sp³-hybridized carbons (Fsp3) is 0.364. The number of benzene rings is 1. The second kappa shape index (κ2) is 6.25. The van der Waals surface area contributed by atoms with Gasteiger partial charge in [-0.05, 0) is 6.42 Å². The van der Waals surface area contributed by atoms with Crippen LogP contribution in [0, 0.1) is 10.1 Å². The molecule has 0 aliphatic rings. The maximum absolute atomic E-state index is 11.9. The molecule has 7 heteroatoms. The largest absolute Gasteiger partial charge is 0.480 e. The number of carboxylic acid groups (broad SMARTS) is 1. The van der Waals surface area contributed by atoms with Crippen molar-refractivity contribution in [2.24, 2.45) is 0 Å². The molecule has 1 aromatic rings. The first-order chi connectivity index (χ1) is 8.47. The molecule has 1 aromatic carbocycles. The summed E-state index contributed by atoms with van der Waals surface area (Å²) in [5.41, 5.74) is 0.159. The molecule has 1 N–H and O–H groups in total. The lowest BCUT2D eigenvalue weighted by Crippen LogP contribution is -2.25. The van der Waals surface area contributed by atoms with Crippen molar-refractivity contribution in [2.75, 3.05) is 0 Å². The van der Waals surface area contributed by atoms with Crippen LogP contribution in [0.4, 0.5) is 5.69 Å². The first-order valence-electron chi connectivity index (χ1n) is 5.29. The van der Waals surface area contributed by atoms with Crippen molar-refractivity contribution in [3.63, 3.8) is 0 Å². The highest BCUT2D eigenvalue weighted by molar-refractivity contribution is 7.85. The van der Waals surface area contributed by atoms with Gasteiger partial charge in [-0.3, -0.25) is 19.1 Å². The first-order valence-corrected chi connectivity index (χ1v) is 6.67. The van der Waals surface area contributed by atoms with E-state index in [1.165, 1.54) is 18.2 Å². The van der Waals surface area contributed by atoms with Crippen LogP contribution >= 0.6 is 0 Å². The molecule has 0 aliphatic carbocycles. The van der Waals surface area contributed by atoms with Gasteiger partial charge < -0.3 is 5.11 Å². The monoisotopic (exact) mass is 271 g/mol. The smallest absolute Gasteiger partial charge is 0.319 e. The standard InChI is InChI=1S/C11H13NO5S/c1-2-10(11(13)14)18(17)7-8-5-3-4-6-9(8)12(15)16/h3-6,10H,2,7H2,1H3,(H,13,14). The molecule has 0 amide bonds. The third-order valence-electron chi connectivity index (χ3n) is 2.45. The molecule has 2 atom stereocenters. The van der Waals surface area contributed by atoms with Crippen molar-refractivity contribution in [2.45, 2.75) is 24.3 Å². The lowest BCUT2D eigenvalue weighted by molar-refractivity contribution is -0.385. The number of hydrogen-bond donors (Lipinski definition) is 1. The molecule has 0 saturated carbocycles. The highest BCUT2D eigenvalue weighted by atomic mass is 32.2. The van der Waals surface area contributed by atoms with Crippen LogP contribution in [0.3, 0.4) is 0 Å². The summed E-state index contributed by atoms with van der Waals surface area (Å²) in [5, 5.41) is 18.6. The van der Waals surface area contributed by atoms with Gasteiger partial charge in [0.1, 0.15) is 5.25 Å². The molecule has 0 bridgehead atoms. The number of carbonyl (C=O) groups is 1. The molecule has 98 valence electrons. The van der Waals surface area contributed by atoms with Crippen molar-refractivity contribution >= 4 is 22.5 Å². The van der Waals surface area contributed by atoms with Crippen LogP contribution in [0.1, 0.15) is 18.9 Å². The highest BCUT2D eigenvalue weighted by Gasteiger charge is 2.25. The van der Waals surface area contributed by atoms with Gasteiger partial charge in [-0.2, -0.15) is 0 Å². The van der Waals surface area contributed by atoms with E-state index in [0.717, 1.165) is 0 Å². The van der Waals surface area contributed by atoms with Crippen molar-refractivity contribution in [3.8, 4) is 0 Å². The van der Waals surface area contributed by atoms with E-state index in [0.29, 0.717) is 5.56 Å². The zero-order valence-electron chi connectivity index (χ0n) is 9.74. The zero-order chi connectivity index (χ0) is 13.7. The van der Waals surface area contributed by atoms with Crippen LogP contribution in [-0.4, -0.2) is 25.5 Å². The van der Waals surface area contributed by atoms with E-state index in [1.54, 1.807) is 13.0 Å². The minimum Gasteiger partial charge on any atom is -0.480 e. The van der Waals surface area contributed by atoms with Gasteiger partial charge in [-0.25, -0.2) is 0 Å². The Bertz CT molecular complexity index is 488. The van der Waals surface area contributed by atoms with Crippen molar-refractivity contribution in [1.82, 2.24) is 0 Å². The molecule has 6 nitrogen and oxygen atoms in total. The van der Waals surface area contributed by atoms with E-state index >= 15 is 0 Å². The third kappa shape index (κ3) is 3.36. The molecule has 2 unspecified atom stereocenters. The number of aliphatic carboxylic acids is 1. The SMILES string of the molecule is CCC(C(=O)O)S(=O)Cc1ccccc1[N+](=O)[O-]. The molecule has 0 heterocycles. The maximum atomic E-state index is 11.9. The number of rotatable bonds is 6. The second-order valence-electron chi connectivity index (χ2n) is 3.65. The van der Waals surface area contributed by atoms with Gasteiger partial charge in [0.2, 0.25) is 0 Å². The van der Waals surface area contributed by atoms with E-state index in [4.69, 9.17) is 5.11 Å². The quantitative estimate of drug-likeness (QED) is 0.627. The number of hydrogen-bond acceptors (Lipinski definition) is 4. The Kier molecular flexibility index (Phi) is 4.96. The van der Waals surface area contributed by atoms with Crippen LogP contribution in [0.25, 0.3) is 0 Å². The predicted octanol–water partition coefficient (Wildman–Crippen LogP) is 1.71. The molecular weight excluding hydrogens is 258 g/mol. The van der Waals surface area contributed by atoms with E-state index in [1.807, 2.05) is 0 Å². The summed E-state index contributed by atoms with van der Waals surface area (Å²) in [7, 11) is -1.67. The summed E-state index contributed by atoms with van der Waals surface area (Å²) in [4.78, 5) is 21.1. The number of nitro groups is 1. The number of nitro benzene ring substituents is 1. The van der Waals surface area contributed by atoms with Gasteiger partial charge in [0.15, 0.2) is 0 Å². The molecule has 0 spiro atoms. The average molecular weight is 271 g/mol. The Labute approximate surface area is 106 Å². The summed E-state index contributed by atoms with van der Waals surface area (Å²) in [6, 6.07) is 5.92. The van der Waals surface area contributed by atoms with E-state index in [2.05, 4.69) is 0 Å². The van der Waals surface area contributed by atoms with E-state index < -0.39 is 26.9 Å². The molecule has 0 aliphatic heterocycles. The number of carboxylic acids is 1. The fourth-order valence-electron chi connectivity index (χ4n) is 1.54. The van der Waals surface area contributed by atoms with Gasteiger partial charge in [-0.1, -0.05) is 25.1 Å². The van der Waals surface area contributed by atoms with Crippen LogP contribution < -0.4 is 0 Å². The van der Waals surface area contributed by atoms with Gasteiger partial charge in [-0.15, -0.1) is 0 Å². The van der Waals surface area contributed by atoms with E-state index in [9.17, 15) is 19.1 Å². The summed E-state index contributed by atoms with van der Waals surface area (Å²) < 4.78 is 11.9. The molecule has 1 rings (SSSR count). The number of para-hydroxylation sites is 1. The van der Waals surface area contributed by atoms with Gasteiger partial charge in [0.25, 0.3) is 5.69 Å².